The summed E-state index contributed by atoms with van der Waals surface area (Å²) in [5.74, 6) is -1.11. The fourth-order valence-corrected chi connectivity index (χ4v) is 5.47. The van der Waals surface area contributed by atoms with E-state index in [2.05, 4.69) is 5.32 Å². The number of para-hydroxylation sites is 1. The second-order valence-corrected chi connectivity index (χ2v) is 9.33. The monoisotopic (exact) mass is 486 g/mol. The maximum absolute atomic E-state index is 14.9. The summed E-state index contributed by atoms with van der Waals surface area (Å²) in [5, 5.41) is 4.10. The first-order chi connectivity index (χ1) is 15.9. The van der Waals surface area contributed by atoms with E-state index in [1.54, 1.807) is 23.1 Å². The highest BCUT2D eigenvalue weighted by Gasteiger charge is 2.32. The molecule has 2 aliphatic heterocycles. The molecule has 0 atom stereocenters. The number of rotatable bonds is 3. The average molecular weight is 487 g/mol. The Hall–Kier alpha value is -2.47. The van der Waals surface area contributed by atoms with Crippen molar-refractivity contribution in [3.63, 3.8) is 0 Å². The third kappa shape index (κ3) is 4.14. The number of hydrogen-bond donors (Lipinski definition) is 1. The van der Waals surface area contributed by atoms with E-state index in [1.165, 1.54) is 12.1 Å². The van der Waals surface area contributed by atoms with Crippen molar-refractivity contribution in [2.24, 2.45) is 0 Å². The van der Waals surface area contributed by atoms with Gasteiger partial charge in [0.15, 0.2) is 0 Å². The van der Waals surface area contributed by atoms with Crippen LogP contribution >= 0.6 is 23.2 Å². The normalized spacial score (nSPS) is 16.7. The van der Waals surface area contributed by atoms with Gasteiger partial charge in [0, 0.05) is 18.1 Å². The SMILES string of the molecule is O=C1CCc2c(-c3ccc(F)cc3F)cc(C3CCNCC3)cc2N1c1c(Cl)cccc1Cl. The Bertz CT molecular complexity index is 1220. The minimum Gasteiger partial charge on any atom is -0.317 e. The molecule has 1 saturated heterocycles. The molecule has 3 nitrogen and oxygen atoms in total. The molecule has 7 heteroatoms. The van der Waals surface area contributed by atoms with Crippen LogP contribution in [0.5, 0.6) is 0 Å². The molecular weight excluding hydrogens is 465 g/mol. The Morgan fingerprint density at radius 3 is 2.33 bits per heavy atom. The van der Waals surface area contributed by atoms with Crippen molar-refractivity contribution in [2.75, 3.05) is 18.0 Å². The second kappa shape index (κ2) is 9.05. The summed E-state index contributed by atoms with van der Waals surface area (Å²) in [6.07, 6.45) is 2.55. The summed E-state index contributed by atoms with van der Waals surface area (Å²) in [6, 6.07) is 12.8. The second-order valence-electron chi connectivity index (χ2n) is 8.51. The quantitative estimate of drug-likeness (QED) is 0.431. The topological polar surface area (TPSA) is 32.3 Å². The van der Waals surface area contributed by atoms with Crippen LogP contribution in [0, 0.1) is 11.6 Å². The summed E-state index contributed by atoms with van der Waals surface area (Å²) in [4.78, 5) is 14.8. The molecule has 3 aromatic carbocycles. The van der Waals surface area contributed by atoms with E-state index in [0.29, 0.717) is 39.0 Å². The van der Waals surface area contributed by atoms with Gasteiger partial charge in [0.05, 0.1) is 21.4 Å². The Morgan fingerprint density at radius 1 is 0.909 bits per heavy atom. The van der Waals surface area contributed by atoms with E-state index in [0.717, 1.165) is 43.1 Å². The Balaban J connectivity index is 1.77. The van der Waals surface area contributed by atoms with Gasteiger partial charge in [-0.05, 0) is 85.3 Å². The predicted octanol–water partition coefficient (Wildman–Crippen LogP) is 7.02. The Kier molecular flexibility index (Phi) is 6.12. The molecule has 5 rings (SSSR count). The highest BCUT2D eigenvalue weighted by Crippen LogP contribution is 2.46. The molecule has 2 aliphatic rings. The first-order valence-corrected chi connectivity index (χ1v) is 11.8. The molecule has 0 bridgehead atoms. The summed E-state index contributed by atoms with van der Waals surface area (Å²) in [5.41, 5.74) is 3.95. The van der Waals surface area contributed by atoms with Crippen LogP contribution in [0.4, 0.5) is 20.2 Å². The van der Waals surface area contributed by atoms with Gasteiger partial charge in [-0.15, -0.1) is 0 Å². The van der Waals surface area contributed by atoms with Gasteiger partial charge in [-0.1, -0.05) is 35.3 Å². The Labute approximate surface area is 201 Å². The van der Waals surface area contributed by atoms with E-state index >= 15 is 0 Å². The molecule has 0 aromatic heterocycles. The molecular formula is C26H22Cl2F2N2O. The third-order valence-electron chi connectivity index (χ3n) is 6.52. The van der Waals surface area contributed by atoms with Crippen molar-refractivity contribution < 1.29 is 13.6 Å². The molecule has 3 aromatic rings. The van der Waals surface area contributed by atoms with Gasteiger partial charge < -0.3 is 5.32 Å². The maximum Gasteiger partial charge on any atom is 0.231 e. The largest absolute Gasteiger partial charge is 0.317 e. The van der Waals surface area contributed by atoms with Gasteiger partial charge in [0.1, 0.15) is 11.6 Å². The van der Waals surface area contributed by atoms with Gasteiger partial charge in [0.25, 0.3) is 0 Å². The van der Waals surface area contributed by atoms with Crippen LogP contribution in [0.3, 0.4) is 0 Å². The number of nitrogens with zero attached hydrogens (tertiary/aromatic N) is 1. The van der Waals surface area contributed by atoms with Crippen LogP contribution < -0.4 is 10.2 Å². The fourth-order valence-electron chi connectivity index (χ4n) is 4.91. The molecule has 0 radical (unpaired) electrons. The summed E-state index contributed by atoms with van der Waals surface area (Å²) >= 11 is 13.0. The standard InChI is InChI=1S/C26H22Cl2F2N2O/c27-21-2-1-3-22(28)26(21)32-24-13-16(15-8-10-31-11-9-15)12-20(19(24)6-7-25(32)33)18-5-4-17(29)14-23(18)30/h1-5,12-15,31H,6-11H2. The van der Waals surface area contributed by atoms with E-state index in [1.807, 2.05) is 12.1 Å². The van der Waals surface area contributed by atoms with Crippen LogP contribution in [0.25, 0.3) is 11.1 Å². The number of hydrogen-bond acceptors (Lipinski definition) is 2. The van der Waals surface area contributed by atoms with E-state index in [-0.39, 0.29) is 18.2 Å². The van der Waals surface area contributed by atoms with E-state index in [4.69, 9.17) is 23.2 Å². The molecule has 33 heavy (non-hydrogen) atoms. The van der Waals surface area contributed by atoms with Crippen molar-refractivity contribution in [1.82, 2.24) is 5.32 Å². The highest BCUT2D eigenvalue weighted by molar-refractivity contribution is 6.40. The molecule has 0 unspecified atom stereocenters. The lowest BCUT2D eigenvalue weighted by Gasteiger charge is -2.34. The molecule has 1 amide bonds. The zero-order valence-corrected chi connectivity index (χ0v) is 19.3. The fraction of sp³-hybridized carbons (Fsp3) is 0.269. The highest BCUT2D eigenvalue weighted by atomic mass is 35.5. The number of halogens is 4. The van der Waals surface area contributed by atoms with Crippen LogP contribution in [-0.2, 0) is 11.2 Å². The zero-order chi connectivity index (χ0) is 23.1. The Morgan fingerprint density at radius 2 is 1.64 bits per heavy atom. The van der Waals surface area contributed by atoms with E-state index < -0.39 is 11.6 Å². The first kappa shape index (κ1) is 22.3. The minimum absolute atomic E-state index is 0.120. The number of amides is 1. The van der Waals surface area contributed by atoms with Crippen LogP contribution in [0.2, 0.25) is 10.0 Å². The summed E-state index contributed by atoms with van der Waals surface area (Å²) in [6.45, 7) is 1.78. The van der Waals surface area contributed by atoms with Crippen molar-refractivity contribution in [3.05, 3.63) is 81.3 Å². The number of benzene rings is 3. The minimum atomic E-state index is -0.626. The predicted molar refractivity (Wildman–Crippen MR) is 129 cm³/mol. The molecule has 1 N–H and O–H groups in total. The van der Waals surface area contributed by atoms with Gasteiger partial charge in [-0.3, -0.25) is 9.69 Å². The summed E-state index contributed by atoms with van der Waals surface area (Å²) in [7, 11) is 0. The molecule has 2 heterocycles. The van der Waals surface area contributed by atoms with Crippen LogP contribution in [0.1, 0.15) is 36.3 Å². The average Bonchev–Trinajstić information content (AvgIpc) is 2.80. The van der Waals surface area contributed by atoms with Crippen LogP contribution in [0.15, 0.2) is 48.5 Å². The van der Waals surface area contributed by atoms with Crippen LogP contribution in [-0.4, -0.2) is 19.0 Å². The first-order valence-electron chi connectivity index (χ1n) is 11.0. The lowest BCUT2D eigenvalue weighted by Crippen LogP contribution is -2.32. The van der Waals surface area contributed by atoms with Crippen molar-refractivity contribution >= 4 is 40.5 Å². The molecule has 170 valence electrons. The number of carbonyl (C=O) groups is 1. The number of piperidine rings is 1. The molecule has 0 saturated carbocycles. The van der Waals surface area contributed by atoms with Gasteiger partial charge >= 0.3 is 0 Å². The third-order valence-corrected chi connectivity index (χ3v) is 7.13. The van der Waals surface area contributed by atoms with Gasteiger partial charge in [0.2, 0.25) is 5.91 Å². The number of anilines is 2. The number of carbonyl (C=O) groups excluding carboxylic acids is 1. The molecule has 0 spiro atoms. The zero-order valence-electron chi connectivity index (χ0n) is 17.8. The van der Waals surface area contributed by atoms with Crippen molar-refractivity contribution in [2.45, 2.75) is 31.6 Å². The molecule has 0 aliphatic carbocycles. The van der Waals surface area contributed by atoms with E-state index in [9.17, 15) is 13.6 Å². The summed E-state index contributed by atoms with van der Waals surface area (Å²) < 4.78 is 28.6. The maximum atomic E-state index is 14.9. The number of nitrogens with one attached hydrogen (secondary N) is 1. The van der Waals surface area contributed by atoms with Crippen molar-refractivity contribution in [1.29, 1.82) is 0 Å². The van der Waals surface area contributed by atoms with Gasteiger partial charge in [-0.25, -0.2) is 8.78 Å². The lowest BCUT2D eigenvalue weighted by molar-refractivity contribution is -0.118. The smallest absolute Gasteiger partial charge is 0.231 e. The molecule has 1 fully saturated rings. The number of fused-ring (bicyclic) bond motifs is 1. The van der Waals surface area contributed by atoms with Crippen molar-refractivity contribution in [3.8, 4) is 11.1 Å². The lowest BCUT2D eigenvalue weighted by atomic mass is 9.83. The van der Waals surface area contributed by atoms with Gasteiger partial charge in [-0.2, -0.15) is 0 Å².